The highest BCUT2D eigenvalue weighted by molar-refractivity contribution is 5.54. The first-order chi connectivity index (χ1) is 8.52. The Kier molecular flexibility index (Phi) is 3.30. The average molecular weight is 259 g/mol. The number of halogens is 3. The number of aromatic nitrogens is 2. The molecule has 0 unspecified atom stereocenters. The van der Waals surface area contributed by atoms with E-state index in [1.165, 1.54) is 0 Å². The largest absolute Gasteiger partial charge is 0.382 e. The number of nitrogens with two attached hydrogens (primary N) is 1. The number of rotatable bonds is 3. The molecule has 8 heteroatoms. The highest BCUT2D eigenvalue weighted by atomic mass is 19.2. The Bertz CT molecular complexity index is 550. The molecular formula is C10H8F3N3O2. The lowest BCUT2D eigenvalue weighted by Crippen LogP contribution is -2.11. The summed E-state index contributed by atoms with van der Waals surface area (Å²) in [4.78, 5) is 3.70. The van der Waals surface area contributed by atoms with Gasteiger partial charge in [0.15, 0.2) is 17.5 Å². The van der Waals surface area contributed by atoms with Crippen LogP contribution in [0.15, 0.2) is 16.7 Å². The molecule has 3 N–H and O–H groups in total. The second-order valence-corrected chi connectivity index (χ2v) is 3.46. The molecule has 0 aliphatic carbocycles. The molecule has 0 radical (unpaired) electrons. The fourth-order valence-corrected chi connectivity index (χ4v) is 1.27. The molecule has 2 rings (SSSR count). The van der Waals surface area contributed by atoms with Crippen molar-refractivity contribution in [3.63, 3.8) is 0 Å². The van der Waals surface area contributed by atoms with E-state index >= 15 is 0 Å². The number of benzene rings is 1. The van der Waals surface area contributed by atoms with Crippen molar-refractivity contribution in [2.75, 3.05) is 6.54 Å². The first kappa shape index (κ1) is 12.5. The van der Waals surface area contributed by atoms with Crippen molar-refractivity contribution in [3.8, 4) is 11.4 Å². The van der Waals surface area contributed by atoms with Gasteiger partial charge in [0.2, 0.25) is 5.82 Å². The molecule has 0 amide bonds. The Hall–Kier alpha value is -1.93. The normalized spacial score (nSPS) is 12.7. The van der Waals surface area contributed by atoms with Crippen molar-refractivity contribution in [2.45, 2.75) is 6.10 Å². The Morgan fingerprint density at radius 3 is 2.44 bits per heavy atom. The average Bonchev–Trinajstić information content (AvgIpc) is 2.84. The van der Waals surface area contributed by atoms with Gasteiger partial charge in [0, 0.05) is 12.1 Å². The molecule has 18 heavy (non-hydrogen) atoms. The van der Waals surface area contributed by atoms with E-state index in [2.05, 4.69) is 14.7 Å². The predicted molar refractivity (Wildman–Crippen MR) is 53.6 cm³/mol. The SMILES string of the molecule is NC[C@H](O)c1nc(-c2cc(F)c(F)c(F)c2)no1. The van der Waals surface area contributed by atoms with Gasteiger partial charge in [-0.15, -0.1) is 0 Å². The van der Waals surface area contributed by atoms with Crippen molar-refractivity contribution in [3.05, 3.63) is 35.5 Å². The maximum atomic E-state index is 13.0. The zero-order chi connectivity index (χ0) is 13.3. The Morgan fingerprint density at radius 2 is 1.89 bits per heavy atom. The van der Waals surface area contributed by atoms with Crippen LogP contribution < -0.4 is 5.73 Å². The highest BCUT2D eigenvalue weighted by Gasteiger charge is 2.18. The minimum absolute atomic E-state index is 0.106. The Balaban J connectivity index is 2.40. The second-order valence-electron chi connectivity index (χ2n) is 3.46. The molecule has 96 valence electrons. The Labute approximate surface area is 99.0 Å². The van der Waals surface area contributed by atoms with Crippen LogP contribution in [0.2, 0.25) is 0 Å². The van der Waals surface area contributed by atoms with Gasteiger partial charge in [-0.2, -0.15) is 4.98 Å². The highest BCUT2D eigenvalue weighted by Crippen LogP contribution is 2.22. The van der Waals surface area contributed by atoms with Crippen LogP contribution in [0.3, 0.4) is 0 Å². The van der Waals surface area contributed by atoms with Crippen LogP contribution in [-0.4, -0.2) is 21.8 Å². The van der Waals surface area contributed by atoms with Crippen molar-refractivity contribution < 1.29 is 22.8 Å². The monoisotopic (exact) mass is 259 g/mol. The Morgan fingerprint density at radius 1 is 1.28 bits per heavy atom. The van der Waals surface area contributed by atoms with E-state index < -0.39 is 23.6 Å². The zero-order valence-electron chi connectivity index (χ0n) is 8.90. The first-order valence-corrected chi connectivity index (χ1v) is 4.89. The molecule has 1 aromatic carbocycles. The summed E-state index contributed by atoms with van der Waals surface area (Å²) < 4.78 is 43.4. The van der Waals surface area contributed by atoms with Gasteiger partial charge < -0.3 is 15.4 Å². The lowest BCUT2D eigenvalue weighted by Gasteiger charge is -1.99. The number of hydrogen-bond acceptors (Lipinski definition) is 5. The molecular weight excluding hydrogens is 251 g/mol. The molecule has 0 saturated carbocycles. The summed E-state index contributed by atoms with van der Waals surface area (Å²) in [5, 5.41) is 12.7. The minimum Gasteiger partial charge on any atom is -0.382 e. The fourth-order valence-electron chi connectivity index (χ4n) is 1.27. The van der Waals surface area contributed by atoms with Crippen molar-refractivity contribution in [1.29, 1.82) is 0 Å². The molecule has 0 bridgehead atoms. The van der Waals surface area contributed by atoms with Gasteiger partial charge in [-0.1, -0.05) is 5.16 Å². The molecule has 0 fully saturated rings. The van der Waals surface area contributed by atoms with Crippen LogP contribution in [0, 0.1) is 17.5 Å². The van der Waals surface area contributed by atoms with E-state index in [0.717, 1.165) is 12.1 Å². The van der Waals surface area contributed by atoms with E-state index in [1.807, 2.05) is 0 Å². The molecule has 0 aliphatic rings. The van der Waals surface area contributed by atoms with Gasteiger partial charge in [-0.05, 0) is 12.1 Å². The van der Waals surface area contributed by atoms with Crippen LogP contribution in [0.5, 0.6) is 0 Å². The van der Waals surface area contributed by atoms with E-state index in [9.17, 15) is 18.3 Å². The van der Waals surface area contributed by atoms with Crippen LogP contribution in [0.25, 0.3) is 11.4 Å². The van der Waals surface area contributed by atoms with E-state index in [0.29, 0.717) is 0 Å². The minimum atomic E-state index is -1.58. The van der Waals surface area contributed by atoms with Gasteiger partial charge in [-0.3, -0.25) is 0 Å². The van der Waals surface area contributed by atoms with Crippen LogP contribution in [-0.2, 0) is 0 Å². The maximum absolute atomic E-state index is 13.0. The summed E-state index contributed by atoms with van der Waals surface area (Å²) in [5.41, 5.74) is 5.07. The second kappa shape index (κ2) is 4.75. The fraction of sp³-hybridized carbons (Fsp3) is 0.200. The topological polar surface area (TPSA) is 85.2 Å². The maximum Gasteiger partial charge on any atom is 0.257 e. The predicted octanol–water partition coefficient (Wildman–Crippen LogP) is 1.15. The molecule has 0 aliphatic heterocycles. The molecule has 1 heterocycles. The quantitative estimate of drug-likeness (QED) is 0.807. The molecule has 1 atom stereocenters. The van der Waals surface area contributed by atoms with E-state index in [4.69, 9.17) is 5.73 Å². The molecule has 1 aromatic heterocycles. The third-order valence-corrected chi connectivity index (χ3v) is 2.19. The molecule has 5 nitrogen and oxygen atoms in total. The molecule has 0 spiro atoms. The lowest BCUT2D eigenvalue weighted by atomic mass is 10.2. The van der Waals surface area contributed by atoms with Gasteiger partial charge >= 0.3 is 0 Å². The lowest BCUT2D eigenvalue weighted by molar-refractivity contribution is 0.141. The summed E-state index contributed by atoms with van der Waals surface area (Å²) in [7, 11) is 0. The molecule has 2 aromatic rings. The van der Waals surface area contributed by atoms with Crippen LogP contribution >= 0.6 is 0 Å². The van der Waals surface area contributed by atoms with E-state index in [1.54, 1.807) is 0 Å². The van der Waals surface area contributed by atoms with Crippen LogP contribution in [0.4, 0.5) is 13.2 Å². The van der Waals surface area contributed by atoms with Gasteiger partial charge in [0.05, 0.1) is 0 Å². The van der Waals surface area contributed by atoms with Gasteiger partial charge in [0.1, 0.15) is 6.10 Å². The van der Waals surface area contributed by atoms with Crippen molar-refractivity contribution in [2.24, 2.45) is 5.73 Å². The summed E-state index contributed by atoms with van der Waals surface area (Å²) in [5.74, 6) is -4.66. The van der Waals surface area contributed by atoms with Crippen molar-refractivity contribution >= 4 is 0 Å². The van der Waals surface area contributed by atoms with Crippen LogP contribution in [0.1, 0.15) is 12.0 Å². The zero-order valence-corrected chi connectivity index (χ0v) is 8.90. The molecule has 0 saturated heterocycles. The smallest absolute Gasteiger partial charge is 0.257 e. The number of hydrogen-bond donors (Lipinski definition) is 2. The van der Waals surface area contributed by atoms with Gasteiger partial charge in [0.25, 0.3) is 5.89 Å². The number of aliphatic hydroxyl groups excluding tert-OH is 1. The van der Waals surface area contributed by atoms with Gasteiger partial charge in [-0.25, -0.2) is 13.2 Å². The summed E-state index contributed by atoms with van der Waals surface area (Å²) in [6.45, 7) is -0.145. The third kappa shape index (κ3) is 2.20. The number of nitrogens with zero attached hydrogens (tertiary/aromatic N) is 2. The summed E-state index contributed by atoms with van der Waals surface area (Å²) >= 11 is 0. The van der Waals surface area contributed by atoms with E-state index in [-0.39, 0.29) is 23.8 Å². The standard InChI is InChI=1S/C10H8F3N3O2/c11-5-1-4(2-6(12)8(5)13)9-15-10(18-16-9)7(17)3-14/h1-2,7,17H,3,14H2/t7-/m0/s1. The van der Waals surface area contributed by atoms with Crippen molar-refractivity contribution in [1.82, 2.24) is 10.1 Å². The number of aliphatic hydroxyl groups is 1. The summed E-state index contributed by atoms with van der Waals surface area (Å²) in [6, 6.07) is 1.45. The first-order valence-electron chi connectivity index (χ1n) is 4.89. The summed E-state index contributed by atoms with van der Waals surface area (Å²) in [6.07, 6.45) is -1.17. The third-order valence-electron chi connectivity index (χ3n) is 2.19.